The highest BCUT2D eigenvalue weighted by Crippen LogP contribution is 2.35. The van der Waals surface area contributed by atoms with Crippen molar-refractivity contribution in [2.75, 3.05) is 0 Å². The van der Waals surface area contributed by atoms with Gasteiger partial charge in [0.1, 0.15) is 0 Å². The third-order valence-electron chi connectivity index (χ3n) is 6.17. The van der Waals surface area contributed by atoms with Gasteiger partial charge in [-0.3, -0.25) is 0 Å². The standard InChI is InChI=1S/C24H19NSi/c1-26(2)23-10-6-5-9-17(23)20-13-22-19(14-24(20)26)18-11-15-7-3-4-8-16(15)12-21(18)25-22/h3-14,25H,1-2H3/q-1. The SMILES string of the molecule is C[Si-]1(C)c2ccccc2-c2cc3[nH]c4cc5ccccc5cc4c3cc21. The van der Waals surface area contributed by atoms with Gasteiger partial charge in [0.15, 0.2) is 0 Å². The first-order chi connectivity index (χ1) is 12.6. The van der Waals surface area contributed by atoms with E-state index in [4.69, 9.17) is 0 Å². The van der Waals surface area contributed by atoms with Gasteiger partial charge in [-0.1, -0.05) is 68.2 Å². The number of benzene rings is 4. The predicted molar refractivity (Wildman–Crippen MR) is 115 cm³/mol. The summed E-state index contributed by atoms with van der Waals surface area (Å²) in [5, 5.41) is 8.43. The van der Waals surface area contributed by atoms with Crippen LogP contribution in [-0.2, 0) is 0 Å². The molecule has 0 bridgehead atoms. The molecule has 0 spiro atoms. The molecular weight excluding hydrogens is 330 g/mol. The van der Waals surface area contributed by atoms with Crippen molar-refractivity contribution in [1.29, 1.82) is 0 Å². The number of fused-ring (bicyclic) bond motifs is 7. The van der Waals surface area contributed by atoms with E-state index in [1.54, 1.807) is 10.4 Å². The number of hydrogen-bond donors (Lipinski definition) is 1. The summed E-state index contributed by atoms with van der Waals surface area (Å²) < 4.78 is 0. The van der Waals surface area contributed by atoms with Gasteiger partial charge in [-0.25, -0.2) is 0 Å². The van der Waals surface area contributed by atoms with E-state index >= 15 is 0 Å². The molecule has 2 heteroatoms. The topological polar surface area (TPSA) is 15.8 Å². The lowest BCUT2D eigenvalue weighted by molar-refractivity contribution is 1.56. The maximum Gasteiger partial charge on any atom is 0.0471 e. The largest absolute Gasteiger partial charge is 0.354 e. The first kappa shape index (κ1) is 14.3. The molecule has 4 aromatic carbocycles. The predicted octanol–water partition coefficient (Wildman–Crippen LogP) is 5.28. The number of rotatable bonds is 0. The van der Waals surface area contributed by atoms with E-state index < -0.39 is 8.07 Å². The summed E-state index contributed by atoms with van der Waals surface area (Å²) >= 11 is 0. The fourth-order valence-electron chi connectivity index (χ4n) is 4.79. The van der Waals surface area contributed by atoms with Crippen molar-refractivity contribution in [3.8, 4) is 11.1 Å². The highest BCUT2D eigenvalue weighted by atomic mass is 28.3. The first-order valence-electron chi connectivity index (χ1n) is 9.21. The molecule has 0 amide bonds. The van der Waals surface area contributed by atoms with Gasteiger partial charge >= 0.3 is 0 Å². The lowest BCUT2D eigenvalue weighted by atomic mass is 10.0. The zero-order valence-electron chi connectivity index (χ0n) is 14.9. The number of aromatic nitrogens is 1. The van der Waals surface area contributed by atoms with Crippen molar-refractivity contribution < 1.29 is 0 Å². The molecule has 1 aliphatic heterocycles. The summed E-state index contributed by atoms with van der Waals surface area (Å²) in [5.41, 5.74) is 5.34. The average Bonchev–Trinajstić information content (AvgIpc) is 3.11. The average molecular weight is 350 g/mol. The third kappa shape index (κ3) is 1.70. The molecule has 1 nitrogen and oxygen atoms in total. The Morgan fingerprint density at radius 3 is 2.12 bits per heavy atom. The van der Waals surface area contributed by atoms with Crippen LogP contribution < -0.4 is 10.4 Å². The highest BCUT2D eigenvalue weighted by molar-refractivity contribution is 7.04. The maximum absolute atomic E-state index is 3.67. The van der Waals surface area contributed by atoms with Crippen molar-refractivity contribution in [2.24, 2.45) is 0 Å². The van der Waals surface area contributed by atoms with Crippen LogP contribution in [0.25, 0.3) is 43.7 Å². The Morgan fingerprint density at radius 2 is 1.27 bits per heavy atom. The number of nitrogens with one attached hydrogen (secondary N) is 1. The van der Waals surface area contributed by atoms with Gasteiger partial charge in [0.05, 0.1) is 0 Å². The Morgan fingerprint density at radius 1 is 0.615 bits per heavy atom. The van der Waals surface area contributed by atoms with Crippen LogP contribution in [0.3, 0.4) is 0 Å². The number of aromatic amines is 1. The minimum absolute atomic E-state index is 1.23. The Labute approximate surface area is 153 Å². The molecule has 0 saturated heterocycles. The van der Waals surface area contributed by atoms with Crippen molar-refractivity contribution in [3.63, 3.8) is 0 Å². The summed E-state index contributed by atoms with van der Waals surface area (Å²) in [7, 11) is -1.63. The van der Waals surface area contributed by atoms with Crippen molar-refractivity contribution >= 4 is 51.0 Å². The van der Waals surface area contributed by atoms with E-state index in [0.717, 1.165) is 0 Å². The second kappa shape index (κ2) is 4.66. The number of hydrogen-bond acceptors (Lipinski definition) is 0. The van der Waals surface area contributed by atoms with Gasteiger partial charge < -0.3 is 4.98 Å². The van der Waals surface area contributed by atoms with E-state index in [-0.39, 0.29) is 0 Å². The van der Waals surface area contributed by atoms with Gasteiger partial charge in [-0.15, -0.1) is 0 Å². The van der Waals surface area contributed by atoms with Gasteiger partial charge in [0, 0.05) is 21.8 Å². The van der Waals surface area contributed by atoms with E-state index in [9.17, 15) is 0 Å². The Bertz CT molecular complexity index is 1360. The smallest absolute Gasteiger partial charge is 0.0471 e. The summed E-state index contributed by atoms with van der Waals surface area (Å²) in [6, 6.07) is 27.1. The summed E-state index contributed by atoms with van der Waals surface area (Å²) in [5.74, 6) is 0. The normalized spacial score (nSPS) is 14.8. The van der Waals surface area contributed by atoms with E-state index in [1.807, 2.05) is 0 Å². The molecule has 1 aromatic heterocycles. The zero-order valence-corrected chi connectivity index (χ0v) is 15.9. The van der Waals surface area contributed by atoms with E-state index in [0.29, 0.717) is 0 Å². The fourth-order valence-corrected chi connectivity index (χ4v) is 7.87. The van der Waals surface area contributed by atoms with Crippen molar-refractivity contribution in [3.05, 3.63) is 72.8 Å². The maximum atomic E-state index is 3.67. The zero-order chi connectivity index (χ0) is 17.5. The van der Waals surface area contributed by atoms with Crippen LogP contribution >= 0.6 is 0 Å². The molecule has 1 aliphatic rings. The minimum atomic E-state index is -1.63. The quantitative estimate of drug-likeness (QED) is 0.366. The molecule has 0 radical (unpaired) electrons. The summed E-state index contributed by atoms with van der Waals surface area (Å²) in [6.45, 7) is 4.96. The minimum Gasteiger partial charge on any atom is -0.354 e. The monoisotopic (exact) mass is 349 g/mol. The molecule has 0 aliphatic carbocycles. The molecule has 1 N–H and O–H groups in total. The van der Waals surface area contributed by atoms with Crippen molar-refractivity contribution in [1.82, 2.24) is 4.98 Å². The van der Waals surface area contributed by atoms with Crippen molar-refractivity contribution in [2.45, 2.75) is 13.1 Å². The van der Waals surface area contributed by atoms with E-state index in [1.165, 1.54) is 43.7 Å². The summed E-state index contributed by atoms with van der Waals surface area (Å²) in [6.07, 6.45) is 0. The molecule has 6 rings (SSSR count). The van der Waals surface area contributed by atoms with Crippen LogP contribution in [0.1, 0.15) is 0 Å². The van der Waals surface area contributed by atoms with Gasteiger partial charge in [-0.05, 0) is 34.5 Å². The second-order valence-corrected chi connectivity index (χ2v) is 12.3. The summed E-state index contributed by atoms with van der Waals surface area (Å²) in [4.78, 5) is 3.67. The van der Waals surface area contributed by atoms with Crippen LogP contribution in [0.2, 0.25) is 13.1 Å². The molecular formula is C24H19NSi-. The molecule has 5 aromatic rings. The van der Waals surface area contributed by atoms with Gasteiger partial charge in [0.2, 0.25) is 0 Å². The third-order valence-corrected chi connectivity index (χ3v) is 9.71. The van der Waals surface area contributed by atoms with Crippen LogP contribution in [0, 0.1) is 0 Å². The molecule has 0 unspecified atom stereocenters. The molecule has 26 heavy (non-hydrogen) atoms. The highest BCUT2D eigenvalue weighted by Gasteiger charge is 2.27. The van der Waals surface area contributed by atoms with E-state index in [2.05, 4.69) is 90.9 Å². The fraction of sp³-hybridized carbons (Fsp3) is 0.0833. The lowest BCUT2D eigenvalue weighted by Crippen LogP contribution is -2.49. The molecule has 2 heterocycles. The Balaban J connectivity index is 1.75. The Kier molecular flexibility index (Phi) is 2.57. The second-order valence-electron chi connectivity index (χ2n) is 7.98. The van der Waals surface area contributed by atoms with Crippen LogP contribution in [0.5, 0.6) is 0 Å². The van der Waals surface area contributed by atoms with Crippen LogP contribution in [0.4, 0.5) is 0 Å². The lowest BCUT2D eigenvalue weighted by Gasteiger charge is -2.31. The number of H-pyrrole nitrogens is 1. The Hall–Kier alpha value is -2.84. The van der Waals surface area contributed by atoms with Gasteiger partial charge in [0.25, 0.3) is 0 Å². The molecule has 0 fully saturated rings. The molecule has 0 saturated carbocycles. The molecule has 0 atom stereocenters. The van der Waals surface area contributed by atoms with Gasteiger partial charge in [-0.2, -0.15) is 23.5 Å². The van der Waals surface area contributed by atoms with Crippen LogP contribution in [0.15, 0.2) is 72.8 Å². The van der Waals surface area contributed by atoms with Crippen LogP contribution in [-0.4, -0.2) is 13.1 Å². The first-order valence-corrected chi connectivity index (χ1v) is 12.2. The molecule has 125 valence electrons.